The van der Waals surface area contributed by atoms with Crippen molar-refractivity contribution in [3.05, 3.63) is 78.7 Å². The Kier molecular flexibility index (Phi) is 8.44. The van der Waals surface area contributed by atoms with Crippen molar-refractivity contribution in [3.8, 4) is 23.0 Å². The molecule has 3 fully saturated rings. The second kappa shape index (κ2) is 12.8. The number of nitrogens with one attached hydrogen (secondary N) is 3. The molecule has 3 aliphatic rings. The molecule has 0 aliphatic heterocycles. The highest BCUT2D eigenvalue weighted by Gasteiger charge is 2.56. The molecule has 244 valence electrons. The number of carbonyl (C=O) groups is 2. The van der Waals surface area contributed by atoms with Crippen LogP contribution in [0.1, 0.15) is 57.8 Å². The number of anilines is 2. The molecule has 1 heterocycles. The highest BCUT2D eigenvalue weighted by atomic mass is 19.1. The Bertz CT molecular complexity index is 1780. The molecule has 4 aromatic rings. The number of hydrogen-bond acceptors (Lipinski definition) is 7. The number of benzene rings is 3. The smallest absolute Gasteiger partial charge is 0.240 e. The number of halogens is 1. The Labute approximate surface area is 273 Å². The molecule has 1 aromatic heterocycles. The Morgan fingerprint density at radius 2 is 1.57 bits per heavy atom. The first-order chi connectivity index (χ1) is 22.9. The summed E-state index contributed by atoms with van der Waals surface area (Å²) in [5.74, 6) is -0.0190. The van der Waals surface area contributed by atoms with Gasteiger partial charge in [-0.1, -0.05) is 37.5 Å². The molecule has 9 nitrogen and oxygen atoms in total. The van der Waals surface area contributed by atoms with Gasteiger partial charge in [0.15, 0.2) is 23.1 Å². The van der Waals surface area contributed by atoms with Crippen molar-refractivity contribution in [1.82, 2.24) is 10.3 Å². The Morgan fingerprint density at radius 1 is 0.830 bits per heavy atom. The zero-order chi connectivity index (χ0) is 32.4. The first kappa shape index (κ1) is 30.9. The molecule has 10 heteroatoms. The van der Waals surface area contributed by atoms with Crippen LogP contribution in [-0.2, 0) is 9.59 Å². The van der Waals surface area contributed by atoms with Crippen molar-refractivity contribution in [2.24, 2.45) is 5.41 Å². The van der Waals surface area contributed by atoms with Gasteiger partial charge in [-0.15, -0.1) is 0 Å². The molecule has 0 atom stereocenters. The quantitative estimate of drug-likeness (QED) is 0.139. The molecule has 0 radical (unpaired) electrons. The van der Waals surface area contributed by atoms with Crippen molar-refractivity contribution < 1.29 is 28.2 Å². The van der Waals surface area contributed by atoms with Crippen LogP contribution in [0.25, 0.3) is 10.9 Å². The van der Waals surface area contributed by atoms with Crippen molar-refractivity contribution in [3.63, 3.8) is 0 Å². The molecule has 7 rings (SSSR count). The van der Waals surface area contributed by atoms with E-state index in [4.69, 9.17) is 14.2 Å². The maximum atomic E-state index is 15.3. The van der Waals surface area contributed by atoms with Crippen LogP contribution < -0.4 is 30.2 Å². The molecule has 3 aromatic carbocycles. The lowest BCUT2D eigenvalue weighted by Crippen LogP contribution is -2.44. The molecular formula is C37H39FN4O5. The minimum Gasteiger partial charge on any atom is -0.493 e. The fraction of sp³-hybridized carbons (Fsp3) is 0.378. The van der Waals surface area contributed by atoms with Gasteiger partial charge < -0.3 is 30.2 Å². The third kappa shape index (κ3) is 6.74. The minimum absolute atomic E-state index is 0.0113. The topological polar surface area (TPSA) is 111 Å². The van der Waals surface area contributed by atoms with Gasteiger partial charge in [0.2, 0.25) is 11.8 Å². The highest BCUT2D eigenvalue weighted by Crippen LogP contribution is 2.48. The standard InChI is InChI=1S/C37H39FN4O5/c1-45-32-21-27-29(22-33(32)46-23-36(15-16-36)42-25-10-6-3-7-11-25)39-19-14-30(27)47-31-13-12-26(20-28(31)38)41-35(44)37(17-18-37)34(43)40-24-8-4-2-5-9-24/h2,4-5,8-9,12-14,19-22,25,42H,3,6-7,10-11,15-18,23H2,1H3,(H,40,43)(H,41,44). The van der Waals surface area contributed by atoms with Crippen LogP contribution >= 0.6 is 0 Å². The number of aromatic nitrogens is 1. The van der Waals surface area contributed by atoms with E-state index < -0.39 is 17.1 Å². The summed E-state index contributed by atoms with van der Waals surface area (Å²) >= 11 is 0. The average molecular weight is 639 g/mol. The van der Waals surface area contributed by atoms with E-state index in [1.54, 1.807) is 55.8 Å². The van der Waals surface area contributed by atoms with Gasteiger partial charge in [0.05, 0.1) is 18.2 Å². The van der Waals surface area contributed by atoms with E-state index in [0.717, 1.165) is 12.8 Å². The lowest BCUT2D eigenvalue weighted by Gasteiger charge is -2.28. The second-order valence-corrected chi connectivity index (χ2v) is 13.0. The number of hydrogen-bond donors (Lipinski definition) is 3. The zero-order valence-electron chi connectivity index (χ0n) is 26.4. The molecule has 0 unspecified atom stereocenters. The summed E-state index contributed by atoms with van der Waals surface area (Å²) in [7, 11) is 1.59. The summed E-state index contributed by atoms with van der Waals surface area (Å²) in [6, 6.07) is 19.0. The summed E-state index contributed by atoms with van der Waals surface area (Å²) in [6.45, 7) is 0.550. The van der Waals surface area contributed by atoms with Gasteiger partial charge in [-0.05, 0) is 74.9 Å². The van der Waals surface area contributed by atoms with Crippen molar-refractivity contribution in [2.45, 2.75) is 69.4 Å². The van der Waals surface area contributed by atoms with Gasteiger partial charge in [0.25, 0.3) is 0 Å². The van der Waals surface area contributed by atoms with Crippen LogP contribution in [0, 0.1) is 11.2 Å². The molecule has 2 amide bonds. The highest BCUT2D eigenvalue weighted by molar-refractivity contribution is 6.16. The largest absolute Gasteiger partial charge is 0.493 e. The van der Waals surface area contributed by atoms with Crippen LogP contribution in [0.4, 0.5) is 15.8 Å². The van der Waals surface area contributed by atoms with Crippen LogP contribution in [0.3, 0.4) is 0 Å². The van der Waals surface area contributed by atoms with Crippen LogP contribution in [-0.4, -0.2) is 42.1 Å². The van der Waals surface area contributed by atoms with Crippen molar-refractivity contribution in [2.75, 3.05) is 24.4 Å². The number of para-hydroxylation sites is 1. The molecule has 47 heavy (non-hydrogen) atoms. The summed E-state index contributed by atoms with van der Waals surface area (Å²) < 4.78 is 33.3. The van der Waals surface area contributed by atoms with E-state index in [1.807, 2.05) is 12.1 Å². The molecule has 3 aliphatic carbocycles. The minimum atomic E-state index is -1.18. The monoisotopic (exact) mass is 638 g/mol. The van der Waals surface area contributed by atoms with E-state index in [9.17, 15) is 9.59 Å². The first-order valence-corrected chi connectivity index (χ1v) is 16.4. The van der Waals surface area contributed by atoms with Crippen molar-refractivity contribution in [1.29, 1.82) is 0 Å². The van der Waals surface area contributed by atoms with Gasteiger partial charge in [-0.25, -0.2) is 4.39 Å². The van der Waals surface area contributed by atoms with E-state index >= 15 is 4.39 Å². The lowest BCUT2D eigenvalue weighted by molar-refractivity contribution is -0.131. The van der Waals surface area contributed by atoms with E-state index in [2.05, 4.69) is 20.9 Å². The molecular weight excluding hydrogens is 599 g/mol. The number of rotatable bonds is 12. The van der Waals surface area contributed by atoms with E-state index in [0.29, 0.717) is 59.3 Å². The maximum Gasteiger partial charge on any atom is 0.240 e. The zero-order valence-corrected chi connectivity index (χ0v) is 26.4. The second-order valence-electron chi connectivity index (χ2n) is 13.0. The fourth-order valence-corrected chi connectivity index (χ4v) is 6.35. The van der Waals surface area contributed by atoms with Gasteiger partial charge in [-0.3, -0.25) is 14.6 Å². The van der Waals surface area contributed by atoms with Crippen LogP contribution in [0.15, 0.2) is 72.9 Å². The van der Waals surface area contributed by atoms with E-state index in [-0.39, 0.29) is 22.9 Å². The predicted octanol–water partition coefficient (Wildman–Crippen LogP) is 7.37. The maximum absolute atomic E-state index is 15.3. The summed E-state index contributed by atoms with van der Waals surface area (Å²) in [5, 5.41) is 9.99. The number of nitrogens with zero attached hydrogens (tertiary/aromatic N) is 1. The average Bonchev–Trinajstić information content (AvgIpc) is 4.02. The lowest BCUT2D eigenvalue weighted by atomic mass is 9.94. The fourth-order valence-electron chi connectivity index (χ4n) is 6.35. The third-order valence-corrected chi connectivity index (χ3v) is 9.52. The number of carbonyl (C=O) groups excluding carboxylic acids is 2. The summed E-state index contributed by atoms with van der Waals surface area (Å²) in [4.78, 5) is 30.5. The Morgan fingerprint density at radius 3 is 2.26 bits per heavy atom. The normalized spacial score (nSPS) is 17.8. The Hall–Kier alpha value is -4.70. The third-order valence-electron chi connectivity index (χ3n) is 9.52. The van der Waals surface area contributed by atoms with Gasteiger partial charge in [0, 0.05) is 41.1 Å². The van der Waals surface area contributed by atoms with Crippen molar-refractivity contribution >= 4 is 34.1 Å². The molecule has 0 spiro atoms. The van der Waals surface area contributed by atoms with E-state index in [1.165, 1.54) is 44.2 Å². The summed E-state index contributed by atoms with van der Waals surface area (Å²) in [6.07, 6.45) is 11.0. The molecule has 3 saturated carbocycles. The SMILES string of the molecule is COc1cc2c(Oc3ccc(NC(=O)C4(C(=O)Nc5ccccc5)CC4)cc3F)ccnc2cc1OCC1(NC2CCCCC2)CC1. The Balaban J connectivity index is 1.02. The van der Waals surface area contributed by atoms with Crippen LogP contribution in [0.5, 0.6) is 23.0 Å². The first-order valence-electron chi connectivity index (χ1n) is 16.4. The van der Waals surface area contributed by atoms with Crippen LogP contribution in [0.2, 0.25) is 0 Å². The summed E-state index contributed by atoms with van der Waals surface area (Å²) in [5.41, 5.74) is 0.300. The number of fused-ring (bicyclic) bond motifs is 1. The predicted molar refractivity (Wildman–Crippen MR) is 178 cm³/mol. The van der Waals surface area contributed by atoms with Gasteiger partial charge in [0.1, 0.15) is 17.8 Å². The molecule has 0 bridgehead atoms. The van der Waals surface area contributed by atoms with Gasteiger partial charge in [-0.2, -0.15) is 0 Å². The number of pyridine rings is 1. The molecule has 0 saturated heterocycles. The molecule has 3 N–H and O–H groups in total. The number of ether oxygens (including phenoxy) is 3. The number of methoxy groups -OCH3 is 1. The van der Waals surface area contributed by atoms with Gasteiger partial charge >= 0.3 is 0 Å². The number of amides is 2.